The first-order valence-electron chi connectivity index (χ1n) is 10.5. The van der Waals surface area contributed by atoms with E-state index in [1.165, 1.54) is 6.07 Å². The summed E-state index contributed by atoms with van der Waals surface area (Å²) in [6.45, 7) is 3.42. The van der Waals surface area contributed by atoms with Crippen molar-refractivity contribution in [2.24, 2.45) is 0 Å². The third-order valence-electron chi connectivity index (χ3n) is 5.95. The minimum Gasteiger partial charge on any atom is -0.383 e. The van der Waals surface area contributed by atoms with Crippen LogP contribution < -0.4 is 16.0 Å². The molecule has 0 radical (unpaired) electrons. The van der Waals surface area contributed by atoms with E-state index in [9.17, 15) is 13.6 Å². The van der Waals surface area contributed by atoms with Gasteiger partial charge >= 0.3 is 0 Å². The Balaban J connectivity index is 1.53. The third-order valence-corrected chi connectivity index (χ3v) is 5.95. The normalized spacial score (nSPS) is 15.9. The largest absolute Gasteiger partial charge is 0.383 e. The SMILES string of the molecule is Nc1nc(F)c(-c2ccc(N3CCOCC3)cc2)cc1-c1cc(F)c2c(c1)CCNC2=O. The number of anilines is 2. The summed E-state index contributed by atoms with van der Waals surface area (Å²) in [5.74, 6) is -1.78. The van der Waals surface area contributed by atoms with Crippen LogP contribution in [0.25, 0.3) is 22.3 Å². The van der Waals surface area contributed by atoms with Crippen molar-refractivity contribution in [2.75, 3.05) is 43.5 Å². The van der Waals surface area contributed by atoms with E-state index in [2.05, 4.69) is 15.2 Å². The number of rotatable bonds is 3. The van der Waals surface area contributed by atoms with Gasteiger partial charge in [0, 0.05) is 36.4 Å². The standard InChI is InChI=1S/C24H22F2N4O2/c25-20-12-16(11-15-5-6-28-24(31)21(15)20)19-13-18(22(26)29-23(19)27)14-1-3-17(4-2-14)30-7-9-32-10-8-30/h1-4,11-13H,5-10H2,(H2,27,29)(H,28,31). The number of nitrogens with zero attached hydrogens (tertiary/aromatic N) is 2. The first-order valence-corrected chi connectivity index (χ1v) is 10.5. The number of fused-ring (bicyclic) bond motifs is 1. The van der Waals surface area contributed by atoms with Gasteiger partial charge in [0.1, 0.15) is 11.6 Å². The van der Waals surface area contributed by atoms with Gasteiger partial charge in [-0.05, 0) is 53.4 Å². The van der Waals surface area contributed by atoms with Crippen molar-refractivity contribution in [3.63, 3.8) is 0 Å². The molecule has 1 fully saturated rings. The highest BCUT2D eigenvalue weighted by Gasteiger charge is 2.23. The number of ether oxygens (including phenoxy) is 1. The van der Waals surface area contributed by atoms with Crippen LogP contribution in [-0.4, -0.2) is 43.7 Å². The van der Waals surface area contributed by atoms with E-state index in [0.29, 0.717) is 48.4 Å². The van der Waals surface area contributed by atoms with E-state index < -0.39 is 17.7 Å². The Labute approximate surface area is 184 Å². The summed E-state index contributed by atoms with van der Waals surface area (Å²) in [4.78, 5) is 18.1. The van der Waals surface area contributed by atoms with Crippen LogP contribution in [0.3, 0.4) is 0 Å². The molecule has 32 heavy (non-hydrogen) atoms. The highest BCUT2D eigenvalue weighted by atomic mass is 19.1. The molecule has 1 saturated heterocycles. The number of benzene rings is 2. The lowest BCUT2D eigenvalue weighted by Gasteiger charge is -2.29. The molecule has 3 aromatic rings. The Hall–Kier alpha value is -3.52. The van der Waals surface area contributed by atoms with Gasteiger partial charge in [-0.15, -0.1) is 0 Å². The molecule has 3 heterocycles. The van der Waals surface area contributed by atoms with Crippen LogP contribution >= 0.6 is 0 Å². The zero-order valence-corrected chi connectivity index (χ0v) is 17.3. The monoisotopic (exact) mass is 436 g/mol. The average molecular weight is 436 g/mol. The topological polar surface area (TPSA) is 80.5 Å². The van der Waals surface area contributed by atoms with Gasteiger partial charge < -0.3 is 20.7 Å². The van der Waals surface area contributed by atoms with Crippen LogP contribution in [-0.2, 0) is 11.2 Å². The molecule has 0 spiro atoms. The molecule has 6 nitrogen and oxygen atoms in total. The summed E-state index contributed by atoms with van der Waals surface area (Å²) in [5, 5.41) is 2.64. The molecule has 3 N–H and O–H groups in total. The van der Waals surface area contributed by atoms with Crippen molar-refractivity contribution < 1.29 is 18.3 Å². The number of halogens is 2. The smallest absolute Gasteiger partial charge is 0.254 e. The van der Waals surface area contributed by atoms with Gasteiger partial charge in [0.2, 0.25) is 5.95 Å². The quantitative estimate of drug-likeness (QED) is 0.616. The molecule has 0 atom stereocenters. The molecule has 2 aliphatic heterocycles. The van der Waals surface area contributed by atoms with Crippen LogP contribution in [0, 0.1) is 11.8 Å². The van der Waals surface area contributed by atoms with Crippen LogP contribution in [0.5, 0.6) is 0 Å². The Kier molecular flexibility index (Phi) is 5.22. The van der Waals surface area contributed by atoms with E-state index in [0.717, 1.165) is 18.8 Å². The lowest BCUT2D eigenvalue weighted by Crippen LogP contribution is -2.36. The lowest BCUT2D eigenvalue weighted by atomic mass is 9.93. The Morgan fingerprint density at radius 2 is 1.75 bits per heavy atom. The maximum atomic E-state index is 14.7. The fourth-order valence-corrected chi connectivity index (χ4v) is 4.28. The van der Waals surface area contributed by atoms with Gasteiger partial charge in [0.15, 0.2) is 0 Å². The van der Waals surface area contributed by atoms with E-state index in [4.69, 9.17) is 10.5 Å². The number of carbonyl (C=O) groups is 1. The molecular formula is C24H22F2N4O2. The Morgan fingerprint density at radius 1 is 1.00 bits per heavy atom. The number of nitrogens with one attached hydrogen (secondary N) is 1. The molecule has 5 rings (SSSR count). The average Bonchev–Trinajstić information content (AvgIpc) is 2.80. The predicted molar refractivity (Wildman–Crippen MR) is 119 cm³/mol. The third kappa shape index (κ3) is 3.67. The summed E-state index contributed by atoms with van der Waals surface area (Å²) in [7, 11) is 0. The van der Waals surface area contributed by atoms with Gasteiger partial charge in [-0.2, -0.15) is 4.39 Å². The number of carbonyl (C=O) groups excluding carboxylic acids is 1. The maximum absolute atomic E-state index is 14.7. The van der Waals surface area contributed by atoms with Crippen LogP contribution in [0.15, 0.2) is 42.5 Å². The highest BCUT2D eigenvalue weighted by molar-refractivity contribution is 5.98. The van der Waals surface area contributed by atoms with Crippen LogP contribution in [0.1, 0.15) is 15.9 Å². The van der Waals surface area contributed by atoms with Crippen LogP contribution in [0.4, 0.5) is 20.3 Å². The van der Waals surface area contributed by atoms with Gasteiger partial charge in [0.25, 0.3) is 5.91 Å². The second-order valence-electron chi connectivity index (χ2n) is 7.90. The first-order chi connectivity index (χ1) is 15.5. The maximum Gasteiger partial charge on any atom is 0.254 e. The number of hydrogen-bond donors (Lipinski definition) is 2. The van der Waals surface area contributed by atoms with Gasteiger partial charge in [-0.3, -0.25) is 4.79 Å². The summed E-state index contributed by atoms with van der Waals surface area (Å²) in [6, 6.07) is 12.1. The highest BCUT2D eigenvalue weighted by Crippen LogP contribution is 2.34. The number of amides is 1. The number of morpholine rings is 1. The van der Waals surface area contributed by atoms with Crippen molar-refractivity contribution in [2.45, 2.75) is 6.42 Å². The molecule has 0 unspecified atom stereocenters. The van der Waals surface area contributed by atoms with E-state index in [1.54, 1.807) is 12.1 Å². The molecular weight excluding hydrogens is 414 g/mol. The van der Waals surface area contributed by atoms with Crippen molar-refractivity contribution in [1.82, 2.24) is 10.3 Å². The molecule has 0 saturated carbocycles. The van der Waals surface area contributed by atoms with Crippen molar-refractivity contribution in [3.8, 4) is 22.3 Å². The summed E-state index contributed by atoms with van der Waals surface area (Å²) in [6.07, 6.45) is 0.510. The molecule has 164 valence electrons. The molecule has 1 aromatic heterocycles. The second kappa shape index (κ2) is 8.20. The van der Waals surface area contributed by atoms with E-state index >= 15 is 0 Å². The number of nitrogen functional groups attached to an aromatic ring is 1. The van der Waals surface area contributed by atoms with Crippen molar-refractivity contribution in [1.29, 1.82) is 0 Å². The number of hydrogen-bond acceptors (Lipinski definition) is 5. The number of aromatic nitrogens is 1. The fourth-order valence-electron chi connectivity index (χ4n) is 4.28. The summed E-state index contributed by atoms with van der Waals surface area (Å²) in [5.41, 5.74) is 9.50. The van der Waals surface area contributed by atoms with Crippen molar-refractivity contribution in [3.05, 3.63) is 65.4 Å². The minimum atomic E-state index is -0.691. The fraction of sp³-hybridized carbons (Fsp3) is 0.250. The van der Waals surface area contributed by atoms with Gasteiger partial charge in [-0.1, -0.05) is 12.1 Å². The zero-order valence-electron chi connectivity index (χ0n) is 17.3. The number of nitrogens with two attached hydrogens (primary N) is 1. The Bertz CT molecular complexity index is 1190. The number of pyridine rings is 1. The molecule has 2 aliphatic rings. The van der Waals surface area contributed by atoms with E-state index in [1.807, 2.05) is 24.3 Å². The van der Waals surface area contributed by atoms with E-state index in [-0.39, 0.29) is 16.9 Å². The van der Waals surface area contributed by atoms with Crippen molar-refractivity contribution >= 4 is 17.4 Å². The molecule has 2 aromatic carbocycles. The van der Waals surface area contributed by atoms with Gasteiger partial charge in [-0.25, -0.2) is 9.37 Å². The Morgan fingerprint density at radius 3 is 2.50 bits per heavy atom. The minimum absolute atomic E-state index is 0.0317. The summed E-state index contributed by atoms with van der Waals surface area (Å²) < 4.78 is 34.8. The lowest BCUT2D eigenvalue weighted by molar-refractivity contribution is 0.0941. The van der Waals surface area contributed by atoms with Gasteiger partial charge in [0.05, 0.1) is 18.8 Å². The molecule has 0 aliphatic carbocycles. The predicted octanol–water partition coefficient (Wildman–Crippen LogP) is 3.40. The zero-order chi connectivity index (χ0) is 22.2. The molecule has 8 heteroatoms. The molecule has 1 amide bonds. The van der Waals surface area contributed by atoms with Crippen LogP contribution in [0.2, 0.25) is 0 Å². The second-order valence-corrected chi connectivity index (χ2v) is 7.90. The summed E-state index contributed by atoms with van der Waals surface area (Å²) >= 11 is 0. The molecule has 0 bridgehead atoms. The first kappa shape index (κ1) is 20.4.